The fourth-order valence-corrected chi connectivity index (χ4v) is 4.74. The van der Waals surface area contributed by atoms with Crippen LogP contribution < -0.4 is 14.4 Å². The highest BCUT2D eigenvalue weighted by atomic mass is 32.2. The van der Waals surface area contributed by atoms with Gasteiger partial charge in [-0.15, -0.1) is 0 Å². The number of methoxy groups -OCH3 is 1. The van der Waals surface area contributed by atoms with E-state index in [1.807, 2.05) is 50.2 Å². The summed E-state index contributed by atoms with van der Waals surface area (Å²) in [5, 5.41) is 2.77. The highest BCUT2D eigenvalue weighted by Crippen LogP contribution is 2.21. The number of rotatable bonds is 13. The molecular formula is C26H37N3O5S. The van der Waals surface area contributed by atoms with E-state index in [9.17, 15) is 18.0 Å². The van der Waals surface area contributed by atoms with Crippen molar-refractivity contribution in [1.82, 2.24) is 10.2 Å². The van der Waals surface area contributed by atoms with Crippen LogP contribution >= 0.6 is 0 Å². The molecular weight excluding hydrogens is 466 g/mol. The van der Waals surface area contributed by atoms with Crippen molar-refractivity contribution in [2.45, 2.75) is 52.6 Å². The van der Waals surface area contributed by atoms with Gasteiger partial charge >= 0.3 is 0 Å². The number of hydrogen-bond donors (Lipinski definition) is 1. The number of likely N-dealkylation sites (N-methyl/N-ethyl adjacent to an activating group) is 1. The van der Waals surface area contributed by atoms with Gasteiger partial charge in [0.25, 0.3) is 0 Å². The zero-order valence-electron chi connectivity index (χ0n) is 21.3. The number of amides is 2. The summed E-state index contributed by atoms with van der Waals surface area (Å²) in [4.78, 5) is 27.3. The highest BCUT2D eigenvalue weighted by Gasteiger charge is 2.26. The molecule has 2 rings (SSSR count). The van der Waals surface area contributed by atoms with Crippen LogP contribution in [0.3, 0.4) is 0 Å². The lowest BCUT2D eigenvalue weighted by molar-refractivity contribution is -0.140. The number of ether oxygens (including phenoxy) is 1. The number of nitrogens with zero attached hydrogens (tertiary/aromatic N) is 2. The van der Waals surface area contributed by atoms with Crippen LogP contribution in [0.2, 0.25) is 0 Å². The lowest BCUT2D eigenvalue weighted by Crippen LogP contribution is -2.47. The molecule has 0 aliphatic rings. The number of benzene rings is 2. The maximum Gasteiger partial charge on any atom is 0.242 e. The Balaban J connectivity index is 2.16. The van der Waals surface area contributed by atoms with Crippen molar-refractivity contribution >= 4 is 27.5 Å². The molecule has 0 aliphatic carbocycles. The first-order valence-electron chi connectivity index (χ1n) is 11.9. The first-order valence-corrected chi connectivity index (χ1v) is 13.7. The maximum absolute atomic E-state index is 13.3. The first kappa shape index (κ1) is 28.2. The molecule has 8 nitrogen and oxygen atoms in total. The molecule has 35 heavy (non-hydrogen) atoms. The van der Waals surface area contributed by atoms with Crippen LogP contribution in [0.25, 0.3) is 0 Å². The average molecular weight is 504 g/mol. The first-order chi connectivity index (χ1) is 16.6. The molecule has 0 saturated carbocycles. The molecule has 0 aromatic heterocycles. The van der Waals surface area contributed by atoms with E-state index in [0.29, 0.717) is 24.4 Å². The molecule has 0 unspecified atom stereocenters. The molecule has 0 aliphatic heterocycles. The van der Waals surface area contributed by atoms with Gasteiger partial charge in [-0.2, -0.15) is 0 Å². The summed E-state index contributed by atoms with van der Waals surface area (Å²) in [6.07, 6.45) is 2.44. The van der Waals surface area contributed by atoms with E-state index in [-0.39, 0.29) is 31.3 Å². The van der Waals surface area contributed by atoms with Crippen molar-refractivity contribution in [2.24, 2.45) is 0 Å². The number of sulfonamides is 1. The zero-order chi connectivity index (χ0) is 26.0. The van der Waals surface area contributed by atoms with E-state index >= 15 is 0 Å². The molecule has 0 spiro atoms. The van der Waals surface area contributed by atoms with Gasteiger partial charge < -0.3 is 15.0 Å². The molecule has 0 heterocycles. The summed E-state index contributed by atoms with van der Waals surface area (Å²) in [6.45, 7) is 6.42. The topological polar surface area (TPSA) is 96.0 Å². The minimum absolute atomic E-state index is 0.104. The molecule has 0 bridgehead atoms. The zero-order valence-corrected chi connectivity index (χ0v) is 22.1. The highest BCUT2D eigenvalue weighted by molar-refractivity contribution is 7.92. The minimum atomic E-state index is -3.52. The quantitative estimate of drug-likeness (QED) is 0.452. The van der Waals surface area contributed by atoms with Crippen LogP contribution in [-0.4, -0.2) is 57.6 Å². The lowest BCUT2D eigenvalue weighted by atomic mass is 10.1. The third-order valence-electron chi connectivity index (χ3n) is 5.79. The van der Waals surface area contributed by atoms with E-state index < -0.39 is 16.1 Å². The molecule has 0 saturated heterocycles. The Hall–Kier alpha value is -3.07. The summed E-state index contributed by atoms with van der Waals surface area (Å²) in [7, 11) is -1.95. The normalized spacial score (nSPS) is 12.0. The SMILES string of the molecule is CCNC(=O)[C@H](C)N(Cc1cccc(OC)c1)C(=O)CCCN(c1ccc(CC)cc1)S(C)(=O)=O. The van der Waals surface area contributed by atoms with Crippen molar-refractivity contribution < 1.29 is 22.7 Å². The average Bonchev–Trinajstić information content (AvgIpc) is 2.84. The predicted octanol–water partition coefficient (Wildman–Crippen LogP) is 3.36. The summed E-state index contributed by atoms with van der Waals surface area (Å²) in [5.41, 5.74) is 2.52. The standard InChI is InChI=1S/C26H37N3O5S/c1-6-21-13-15-23(16-14-21)29(35(5,32)33)17-9-12-25(30)28(20(3)26(31)27-7-2)19-22-10-8-11-24(18-22)34-4/h8,10-11,13-16,18,20H,6-7,9,12,17,19H2,1-5H3,(H,27,31)/t20-/m0/s1. The molecule has 9 heteroatoms. The van der Waals surface area contributed by atoms with Gasteiger partial charge in [0.1, 0.15) is 11.8 Å². The van der Waals surface area contributed by atoms with Gasteiger partial charge in [0.15, 0.2) is 0 Å². The Morgan fingerprint density at radius 1 is 1.06 bits per heavy atom. The number of nitrogens with one attached hydrogen (secondary N) is 1. The monoisotopic (exact) mass is 503 g/mol. The fourth-order valence-electron chi connectivity index (χ4n) is 3.77. The van der Waals surface area contributed by atoms with Gasteiger partial charge in [0.05, 0.1) is 19.1 Å². The molecule has 1 N–H and O–H groups in total. The van der Waals surface area contributed by atoms with Crippen LogP contribution in [0.4, 0.5) is 5.69 Å². The number of aryl methyl sites for hydroxylation is 1. The van der Waals surface area contributed by atoms with Gasteiger partial charge in [-0.25, -0.2) is 8.42 Å². The second-order valence-electron chi connectivity index (χ2n) is 8.40. The predicted molar refractivity (Wildman–Crippen MR) is 139 cm³/mol. The molecule has 192 valence electrons. The molecule has 0 radical (unpaired) electrons. The van der Waals surface area contributed by atoms with Gasteiger partial charge in [-0.1, -0.05) is 31.2 Å². The van der Waals surface area contributed by atoms with Crippen molar-refractivity contribution in [1.29, 1.82) is 0 Å². The van der Waals surface area contributed by atoms with Gasteiger partial charge in [0.2, 0.25) is 21.8 Å². The third-order valence-corrected chi connectivity index (χ3v) is 6.98. The summed E-state index contributed by atoms with van der Waals surface area (Å²) < 4.78 is 31.5. The number of hydrogen-bond acceptors (Lipinski definition) is 5. The summed E-state index contributed by atoms with van der Waals surface area (Å²) in [6, 6.07) is 14.1. The van der Waals surface area contributed by atoms with E-state index in [2.05, 4.69) is 5.32 Å². The lowest BCUT2D eigenvalue weighted by Gasteiger charge is -2.29. The molecule has 2 amide bonds. The Morgan fingerprint density at radius 2 is 1.74 bits per heavy atom. The van der Waals surface area contributed by atoms with Crippen LogP contribution in [0, 0.1) is 0 Å². The Morgan fingerprint density at radius 3 is 2.31 bits per heavy atom. The van der Waals surface area contributed by atoms with Crippen LogP contribution in [0.5, 0.6) is 5.75 Å². The van der Waals surface area contributed by atoms with Crippen LogP contribution in [0.1, 0.15) is 44.7 Å². The molecule has 2 aromatic carbocycles. The maximum atomic E-state index is 13.3. The smallest absolute Gasteiger partial charge is 0.242 e. The molecule has 0 fully saturated rings. The number of anilines is 1. The Kier molecular flexibility index (Phi) is 10.6. The van der Waals surface area contributed by atoms with Gasteiger partial charge in [-0.05, 0) is 62.1 Å². The third kappa shape index (κ3) is 8.28. The van der Waals surface area contributed by atoms with Gasteiger partial charge in [-0.3, -0.25) is 13.9 Å². The Labute approximate surface area is 209 Å². The summed E-state index contributed by atoms with van der Waals surface area (Å²) in [5.74, 6) is 0.206. The van der Waals surface area contributed by atoms with Gasteiger partial charge in [0, 0.05) is 26.1 Å². The van der Waals surface area contributed by atoms with Crippen molar-refractivity contribution in [3.63, 3.8) is 0 Å². The van der Waals surface area contributed by atoms with Crippen molar-refractivity contribution in [2.75, 3.05) is 30.8 Å². The fraction of sp³-hybridized carbons (Fsp3) is 0.462. The largest absolute Gasteiger partial charge is 0.497 e. The summed E-state index contributed by atoms with van der Waals surface area (Å²) >= 11 is 0. The van der Waals surface area contributed by atoms with Crippen molar-refractivity contribution in [3.8, 4) is 5.75 Å². The molecule has 2 aromatic rings. The van der Waals surface area contributed by atoms with E-state index in [4.69, 9.17) is 4.74 Å². The van der Waals surface area contributed by atoms with Crippen LogP contribution in [-0.2, 0) is 32.6 Å². The number of carbonyl (C=O) groups is 2. The van der Waals surface area contributed by atoms with E-state index in [1.165, 1.54) is 9.21 Å². The second kappa shape index (κ2) is 13.1. The Bertz CT molecular complexity index is 1090. The minimum Gasteiger partial charge on any atom is -0.497 e. The second-order valence-corrected chi connectivity index (χ2v) is 10.3. The van der Waals surface area contributed by atoms with E-state index in [1.54, 1.807) is 26.2 Å². The number of carbonyl (C=O) groups excluding carboxylic acids is 2. The van der Waals surface area contributed by atoms with Crippen LogP contribution in [0.15, 0.2) is 48.5 Å². The van der Waals surface area contributed by atoms with Crippen molar-refractivity contribution in [3.05, 3.63) is 59.7 Å². The molecule has 1 atom stereocenters. The van der Waals surface area contributed by atoms with E-state index in [0.717, 1.165) is 23.8 Å².